The number of carbonyl (C=O) groups is 6. The number of ketones is 2. The number of hydrogen-bond donors (Lipinski definition) is 0. The van der Waals surface area contributed by atoms with Gasteiger partial charge in [-0.1, -0.05) is 97.9 Å². The molecule has 2 aliphatic heterocycles. The number of esters is 2. The molecule has 484 valence electrons. The van der Waals surface area contributed by atoms with Gasteiger partial charge in [-0.3, -0.25) is 19.2 Å². The van der Waals surface area contributed by atoms with Crippen LogP contribution >= 0.6 is 0 Å². The third-order valence-electron chi connectivity index (χ3n) is 16.5. The zero-order chi connectivity index (χ0) is 64.2. The van der Waals surface area contributed by atoms with Crippen molar-refractivity contribution in [1.82, 2.24) is 9.80 Å². The molecule has 18 heteroatoms. The zero-order valence-electron chi connectivity index (χ0n) is 54.4. The maximum absolute atomic E-state index is 14.1. The van der Waals surface area contributed by atoms with Gasteiger partial charge in [0.15, 0.2) is 11.5 Å². The molecule has 2 heterocycles. The number of carbonyl (C=O) groups excluding carboxylic acids is 6. The molecule has 0 saturated carbocycles. The van der Waals surface area contributed by atoms with E-state index in [0.29, 0.717) is 146 Å². The van der Waals surface area contributed by atoms with Crippen molar-refractivity contribution in [3.63, 3.8) is 0 Å². The molecule has 0 aliphatic carbocycles. The number of amides is 2. The number of rotatable bonds is 35. The highest BCUT2D eigenvalue weighted by molar-refractivity contribution is 6.38. The summed E-state index contributed by atoms with van der Waals surface area (Å²) in [5.74, 6) is -0.281. The highest BCUT2D eigenvalue weighted by Gasteiger charge is 2.43. The van der Waals surface area contributed by atoms with Crippen molar-refractivity contribution in [1.29, 1.82) is 0 Å². The molecule has 0 radical (unpaired) electrons. The molecule has 4 aromatic carbocycles. The van der Waals surface area contributed by atoms with E-state index in [1.165, 1.54) is 9.80 Å². The van der Waals surface area contributed by atoms with E-state index in [4.69, 9.17) is 47.4 Å². The highest BCUT2D eigenvalue weighted by Crippen LogP contribution is 2.35. The van der Waals surface area contributed by atoms with Gasteiger partial charge in [-0.25, -0.2) is 9.59 Å². The van der Waals surface area contributed by atoms with Crippen LogP contribution in [-0.4, -0.2) is 144 Å². The molecule has 2 fully saturated rings. The maximum Gasteiger partial charge on any atom is 0.329 e. The molecule has 4 aromatic rings. The SMILES string of the molecule is CC.CCC(C)(C)C(=O)C(=O)N1CCCCC1C(=O)O[C@H](CCc1ccc(C)c(OC)c1)c1cccc(OCCOCCOCCOCCOc2cccc(C(CCc3ccc(OC)c(OC)c3)OC(=O)[C@@H]3CCCCN3C(=O)C(=O)C(C)(C)CC)c2)c1. The Bertz CT molecular complexity index is 2870. The zero-order valence-corrected chi connectivity index (χ0v) is 54.4. The fraction of sp³-hybridized carbons (Fsp3) is 0.571. The van der Waals surface area contributed by atoms with E-state index in [0.717, 1.165) is 40.8 Å². The largest absolute Gasteiger partial charge is 0.496 e. The van der Waals surface area contributed by atoms with Crippen LogP contribution in [0.3, 0.4) is 0 Å². The molecule has 2 saturated heterocycles. The lowest BCUT2D eigenvalue weighted by Gasteiger charge is -2.36. The van der Waals surface area contributed by atoms with Gasteiger partial charge in [0.1, 0.15) is 54.8 Å². The van der Waals surface area contributed by atoms with Gasteiger partial charge >= 0.3 is 11.9 Å². The van der Waals surface area contributed by atoms with Crippen molar-refractivity contribution in [2.24, 2.45) is 10.8 Å². The summed E-state index contributed by atoms with van der Waals surface area (Å²) in [5.41, 5.74) is 2.73. The van der Waals surface area contributed by atoms with Gasteiger partial charge in [0, 0.05) is 23.9 Å². The minimum absolute atomic E-state index is 0.254. The van der Waals surface area contributed by atoms with Crippen LogP contribution < -0.4 is 23.7 Å². The average molecular weight is 1220 g/mol. The number of benzene rings is 4. The normalized spacial score (nSPS) is 15.8. The lowest BCUT2D eigenvalue weighted by atomic mass is 9.84. The average Bonchev–Trinajstić information content (AvgIpc) is 1.62. The molecule has 6 rings (SSSR count). The van der Waals surface area contributed by atoms with E-state index in [1.807, 2.05) is 120 Å². The number of methoxy groups -OCH3 is 3. The Morgan fingerprint density at radius 3 is 1.31 bits per heavy atom. The third-order valence-corrected chi connectivity index (χ3v) is 16.5. The van der Waals surface area contributed by atoms with Gasteiger partial charge in [0.2, 0.25) is 11.6 Å². The summed E-state index contributed by atoms with van der Waals surface area (Å²) in [5, 5.41) is 0. The monoisotopic (exact) mass is 1220 g/mol. The number of nitrogens with zero attached hydrogens (tertiary/aromatic N) is 2. The Kier molecular flexibility index (Phi) is 29.7. The number of likely N-dealkylation sites (tertiary alicyclic amines) is 2. The Balaban J connectivity index is 0.00000698. The second-order valence-electron chi connectivity index (χ2n) is 23.3. The molecule has 88 heavy (non-hydrogen) atoms. The van der Waals surface area contributed by atoms with Gasteiger partial charge in [0.25, 0.3) is 11.8 Å². The van der Waals surface area contributed by atoms with Crippen LogP contribution in [-0.2, 0) is 65.3 Å². The highest BCUT2D eigenvalue weighted by atomic mass is 16.6. The van der Waals surface area contributed by atoms with Crippen molar-refractivity contribution in [2.75, 3.05) is 87.3 Å². The minimum atomic E-state index is -0.879. The van der Waals surface area contributed by atoms with E-state index < -0.39 is 70.4 Å². The molecule has 18 nitrogen and oxygen atoms in total. The number of piperidine rings is 2. The Morgan fingerprint density at radius 2 is 0.898 bits per heavy atom. The van der Waals surface area contributed by atoms with Crippen LogP contribution in [0.25, 0.3) is 0 Å². The van der Waals surface area contributed by atoms with E-state index in [-0.39, 0.29) is 13.2 Å². The number of aryl methyl sites for hydroxylation is 3. The molecular formula is C70H98N2O16. The molecular weight excluding hydrogens is 1120 g/mol. The van der Waals surface area contributed by atoms with E-state index in [1.54, 1.807) is 49.0 Å². The lowest BCUT2D eigenvalue weighted by molar-refractivity contribution is -0.165. The van der Waals surface area contributed by atoms with Crippen LogP contribution in [0.5, 0.6) is 28.7 Å². The van der Waals surface area contributed by atoms with Gasteiger partial charge < -0.3 is 57.2 Å². The summed E-state index contributed by atoms with van der Waals surface area (Å²) in [4.78, 5) is 84.7. The van der Waals surface area contributed by atoms with Crippen LogP contribution in [0.4, 0.5) is 0 Å². The Labute approximate surface area is 522 Å². The second-order valence-corrected chi connectivity index (χ2v) is 23.3. The van der Waals surface area contributed by atoms with Crippen LogP contribution in [0.1, 0.15) is 160 Å². The third kappa shape index (κ3) is 21.1. The first kappa shape index (κ1) is 71.7. The Morgan fingerprint density at radius 1 is 0.500 bits per heavy atom. The van der Waals surface area contributed by atoms with Gasteiger partial charge in [-0.2, -0.15) is 0 Å². The summed E-state index contributed by atoms with van der Waals surface area (Å²) in [6.45, 7) is 19.8. The first-order valence-corrected chi connectivity index (χ1v) is 31.5. The van der Waals surface area contributed by atoms with Gasteiger partial charge in [-0.05, 0) is 154 Å². The maximum atomic E-state index is 14.1. The predicted octanol–water partition coefficient (Wildman–Crippen LogP) is 11.8. The van der Waals surface area contributed by atoms with Crippen molar-refractivity contribution in [3.8, 4) is 28.7 Å². The summed E-state index contributed by atoms with van der Waals surface area (Å²) >= 11 is 0. The van der Waals surface area contributed by atoms with E-state index in [2.05, 4.69) is 0 Å². The molecule has 4 atom stereocenters. The van der Waals surface area contributed by atoms with Crippen LogP contribution in [0.15, 0.2) is 84.9 Å². The number of ether oxygens (including phenoxy) is 10. The molecule has 2 unspecified atom stereocenters. The quantitative estimate of drug-likeness (QED) is 0.0239. The molecule has 2 aliphatic rings. The number of Topliss-reactive ketones (excluding diaryl/α,β-unsaturated/α-hetero) is 2. The second kappa shape index (κ2) is 36.5. The molecule has 2 amide bonds. The van der Waals surface area contributed by atoms with Gasteiger partial charge in [0.05, 0.1) is 61.0 Å². The summed E-state index contributed by atoms with van der Waals surface area (Å²) in [6, 6.07) is 24.8. The summed E-state index contributed by atoms with van der Waals surface area (Å²) in [7, 11) is 4.79. The van der Waals surface area contributed by atoms with E-state index in [9.17, 15) is 28.8 Å². The van der Waals surface area contributed by atoms with Crippen molar-refractivity contribution in [3.05, 3.63) is 113 Å². The topological polar surface area (TPSA) is 201 Å². The van der Waals surface area contributed by atoms with Crippen LogP contribution in [0.2, 0.25) is 0 Å². The van der Waals surface area contributed by atoms with Gasteiger partial charge in [-0.15, -0.1) is 0 Å². The lowest BCUT2D eigenvalue weighted by Crippen LogP contribution is -2.53. The molecule has 0 aromatic heterocycles. The van der Waals surface area contributed by atoms with Crippen LogP contribution in [0, 0.1) is 17.8 Å². The first-order chi connectivity index (χ1) is 42.3. The predicted molar refractivity (Wildman–Crippen MR) is 336 cm³/mol. The number of hydrogen-bond acceptors (Lipinski definition) is 16. The summed E-state index contributed by atoms with van der Waals surface area (Å²) in [6.07, 6.45) is 5.26. The smallest absolute Gasteiger partial charge is 0.329 e. The fourth-order valence-corrected chi connectivity index (χ4v) is 10.3. The van der Waals surface area contributed by atoms with E-state index >= 15 is 0 Å². The summed E-state index contributed by atoms with van der Waals surface area (Å²) < 4.78 is 58.7. The van der Waals surface area contributed by atoms with Crippen molar-refractivity contribution >= 4 is 35.3 Å². The molecule has 0 N–H and O–H groups in total. The molecule has 0 bridgehead atoms. The van der Waals surface area contributed by atoms with Crippen molar-refractivity contribution in [2.45, 2.75) is 164 Å². The molecule has 0 spiro atoms. The first-order valence-electron chi connectivity index (χ1n) is 31.5. The minimum Gasteiger partial charge on any atom is -0.496 e. The Hall–Kier alpha value is -7.02. The standard InChI is InChI=1S/C68H92N2O16.C2H6/c1-11-67(4,5)61(71)63(73)69-33-15-13-23-54(69)65(75)85-56(30-27-48-26-25-47(3)59(43-48)78-9)50-19-17-21-52(45-50)83-41-39-81-37-35-80-36-38-82-40-42-84-53-22-18-20-51(46-53)57(31-28-49-29-32-58(77-8)60(44-49)79-10)86-66(76)55-24-14-16-34-70(55)64(74)62(72)68(6,7)12-2;1-2/h17-22,25-26,29,32,43-46,54-57H,11-16,23-24,27-28,30-31,33-42H2,1-10H3;1-2H3/t54?,55-,56+,57?;/m0./s1. The fourth-order valence-electron chi connectivity index (χ4n) is 10.3. The van der Waals surface area contributed by atoms with Crippen molar-refractivity contribution < 1.29 is 76.1 Å².